The number of furan rings is 1. The van der Waals surface area contributed by atoms with Crippen LogP contribution in [0.5, 0.6) is 0 Å². The molecule has 2 heterocycles. The number of hydrogen-bond acceptors (Lipinski definition) is 7. The third-order valence-corrected chi connectivity index (χ3v) is 4.46. The zero-order chi connectivity index (χ0) is 18.9. The van der Waals surface area contributed by atoms with Gasteiger partial charge in [-0.3, -0.25) is 4.79 Å². The first kappa shape index (κ1) is 20.3. The number of rotatable bonds is 11. The molecule has 8 nitrogen and oxygen atoms in total. The van der Waals surface area contributed by atoms with Gasteiger partial charge >= 0.3 is 0 Å². The van der Waals surface area contributed by atoms with E-state index in [9.17, 15) is 4.79 Å². The van der Waals surface area contributed by atoms with Gasteiger partial charge in [0, 0.05) is 25.8 Å². The molecule has 2 aromatic heterocycles. The van der Waals surface area contributed by atoms with E-state index in [-0.39, 0.29) is 5.91 Å². The van der Waals surface area contributed by atoms with Crippen molar-refractivity contribution in [3.05, 3.63) is 29.5 Å². The highest BCUT2D eigenvalue weighted by Gasteiger charge is 2.09. The molecule has 0 atom stereocenters. The summed E-state index contributed by atoms with van der Waals surface area (Å²) in [4.78, 5) is 17.5. The minimum Gasteiger partial charge on any atom is -0.464 e. The van der Waals surface area contributed by atoms with Gasteiger partial charge in [0.15, 0.2) is 5.82 Å². The molecule has 0 aliphatic carbocycles. The average Bonchev–Trinajstić information content (AvgIpc) is 3.18. The Morgan fingerprint density at radius 2 is 2.12 bits per heavy atom. The van der Waals surface area contributed by atoms with Crippen molar-refractivity contribution in [1.29, 1.82) is 0 Å². The number of hydrogen-bond donors (Lipinski definition) is 2. The second-order valence-electron chi connectivity index (χ2n) is 6.16. The van der Waals surface area contributed by atoms with E-state index in [4.69, 9.17) is 4.42 Å². The van der Waals surface area contributed by atoms with E-state index in [1.807, 2.05) is 49.6 Å². The third-order valence-electron chi connectivity index (χ3n) is 3.47. The van der Waals surface area contributed by atoms with Crippen LogP contribution in [0.3, 0.4) is 0 Å². The summed E-state index contributed by atoms with van der Waals surface area (Å²) < 4.78 is 7.61. The van der Waals surface area contributed by atoms with E-state index < -0.39 is 0 Å². The molecule has 2 rings (SSSR count). The maximum absolute atomic E-state index is 11.0. The van der Waals surface area contributed by atoms with Gasteiger partial charge in [-0.25, -0.2) is 4.68 Å². The van der Waals surface area contributed by atoms with Crippen LogP contribution >= 0.6 is 11.8 Å². The number of anilines is 1. The Labute approximate surface area is 158 Å². The van der Waals surface area contributed by atoms with Gasteiger partial charge in [0.05, 0.1) is 18.8 Å². The van der Waals surface area contributed by atoms with E-state index in [0.29, 0.717) is 12.4 Å². The first-order valence-corrected chi connectivity index (χ1v) is 9.85. The fourth-order valence-corrected chi connectivity index (χ4v) is 3.07. The Balaban J connectivity index is 1.72. The Morgan fingerprint density at radius 1 is 1.35 bits per heavy atom. The molecule has 2 aromatic rings. The van der Waals surface area contributed by atoms with E-state index in [1.165, 1.54) is 6.92 Å². The van der Waals surface area contributed by atoms with Crippen LogP contribution < -0.4 is 10.6 Å². The van der Waals surface area contributed by atoms with Crippen molar-refractivity contribution in [2.24, 2.45) is 0 Å². The summed E-state index contributed by atoms with van der Waals surface area (Å²) in [6.45, 7) is 6.17. The van der Waals surface area contributed by atoms with Crippen LogP contribution in [0, 0.1) is 0 Å². The lowest BCUT2D eigenvalue weighted by Crippen LogP contribution is -2.19. The number of nitrogens with one attached hydrogen (secondary N) is 2. The maximum Gasteiger partial charge on any atom is 0.221 e. The van der Waals surface area contributed by atoms with Crippen molar-refractivity contribution in [2.45, 2.75) is 39.2 Å². The van der Waals surface area contributed by atoms with Crippen molar-refractivity contribution >= 4 is 23.6 Å². The van der Waals surface area contributed by atoms with Crippen molar-refractivity contribution in [3.8, 4) is 0 Å². The fourth-order valence-electron chi connectivity index (χ4n) is 2.32. The highest BCUT2D eigenvalue weighted by atomic mass is 32.2. The number of aromatic nitrogens is 3. The molecule has 144 valence electrons. The Morgan fingerprint density at radius 3 is 2.81 bits per heavy atom. The largest absolute Gasteiger partial charge is 0.464 e. The zero-order valence-corrected chi connectivity index (χ0v) is 16.7. The number of aryl methyl sites for hydroxylation is 1. The molecular weight excluding hydrogens is 352 g/mol. The SMILES string of the molecule is CCn1nc(CNC(C)=O)nc1NCCSCc1ccc(CN(C)C)o1. The molecule has 9 heteroatoms. The van der Waals surface area contributed by atoms with Crippen molar-refractivity contribution in [3.63, 3.8) is 0 Å². The lowest BCUT2D eigenvalue weighted by atomic mass is 10.4. The van der Waals surface area contributed by atoms with E-state index in [2.05, 4.69) is 25.6 Å². The number of nitrogens with zero attached hydrogens (tertiary/aromatic N) is 4. The summed E-state index contributed by atoms with van der Waals surface area (Å²) in [6.07, 6.45) is 0. The van der Waals surface area contributed by atoms with Gasteiger partial charge in [-0.05, 0) is 33.2 Å². The Bertz CT molecular complexity index is 697. The van der Waals surface area contributed by atoms with Crippen LogP contribution in [-0.4, -0.2) is 52.0 Å². The smallest absolute Gasteiger partial charge is 0.221 e. The normalized spacial score (nSPS) is 11.1. The topological polar surface area (TPSA) is 88.2 Å². The van der Waals surface area contributed by atoms with Gasteiger partial charge in [0.1, 0.15) is 11.5 Å². The second kappa shape index (κ2) is 10.2. The van der Waals surface area contributed by atoms with Gasteiger partial charge < -0.3 is 20.0 Å². The van der Waals surface area contributed by atoms with Crippen molar-refractivity contribution < 1.29 is 9.21 Å². The molecule has 0 aliphatic rings. The van der Waals surface area contributed by atoms with Crippen LogP contribution in [0.15, 0.2) is 16.5 Å². The number of amides is 1. The second-order valence-corrected chi connectivity index (χ2v) is 7.27. The van der Waals surface area contributed by atoms with E-state index in [0.717, 1.165) is 48.6 Å². The number of carbonyl (C=O) groups is 1. The fraction of sp³-hybridized carbons (Fsp3) is 0.588. The average molecular weight is 381 g/mol. The van der Waals surface area contributed by atoms with Crippen molar-refractivity contribution in [1.82, 2.24) is 25.0 Å². The van der Waals surface area contributed by atoms with Crippen LogP contribution in [0.4, 0.5) is 5.95 Å². The molecule has 0 aliphatic heterocycles. The number of carbonyl (C=O) groups excluding carboxylic acids is 1. The molecule has 0 radical (unpaired) electrons. The maximum atomic E-state index is 11.0. The predicted octanol–water partition coefficient (Wildman–Crippen LogP) is 1.93. The summed E-state index contributed by atoms with van der Waals surface area (Å²) in [7, 11) is 4.05. The van der Waals surface area contributed by atoms with Crippen LogP contribution in [0.1, 0.15) is 31.2 Å². The highest BCUT2D eigenvalue weighted by molar-refractivity contribution is 7.98. The lowest BCUT2D eigenvalue weighted by molar-refractivity contribution is -0.119. The minimum atomic E-state index is -0.0876. The quantitative estimate of drug-likeness (QED) is 0.576. The molecule has 0 fully saturated rings. The predicted molar refractivity (Wildman–Crippen MR) is 104 cm³/mol. The summed E-state index contributed by atoms with van der Waals surface area (Å²) >= 11 is 1.81. The van der Waals surface area contributed by atoms with Crippen LogP contribution in [0.2, 0.25) is 0 Å². The van der Waals surface area contributed by atoms with Crippen molar-refractivity contribution in [2.75, 3.05) is 31.7 Å². The van der Waals surface area contributed by atoms with Gasteiger partial charge in [-0.2, -0.15) is 21.8 Å². The number of thioether (sulfide) groups is 1. The first-order valence-electron chi connectivity index (χ1n) is 8.70. The summed E-state index contributed by atoms with van der Waals surface area (Å²) in [5.74, 6) is 5.04. The zero-order valence-electron chi connectivity index (χ0n) is 15.9. The third kappa shape index (κ3) is 6.72. The highest BCUT2D eigenvalue weighted by Crippen LogP contribution is 2.16. The summed E-state index contributed by atoms with van der Waals surface area (Å²) in [6, 6.07) is 4.08. The molecule has 0 unspecified atom stereocenters. The monoisotopic (exact) mass is 380 g/mol. The lowest BCUT2D eigenvalue weighted by Gasteiger charge is -2.06. The van der Waals surface area contributed by atoms with Gasteiger partial charge in [-0.15, -0.1) is 0 Å². The molecule has 0 spiro atoms. The van der Waals surface area contributed by atoms with Crippen LogP contribution in [0.25, 0.3) is 0 Å². The van der Waals surface area contributed by atoms with Crippen LogP contribution in [-0.2, 0) is 30.2 Å². The van der Waals surface area contributed by atoms with Gasteiger partial charge in [0.25, 0.3) is 0 Å². The summed E-state index contributed by atoms with van der Waals surface area (Å²) in [5.41, 5.74) is 0. The molecule has 0 bridgehead atoms. The van der Waals surface area contributed by atoms with Gasteiger partial charge in [-0.1, -0.05) is 0 Å². The summed E-state index contributed by atoms with van der Waals surface area (Å²) in [5, 5.41) is 10.4. The molecule has 0 saturated carbocycles. The standard InChI is InChI=1S/C17H28N6O2S/c1-5-23-17(20-16(21-23)10-19-13(2)24)18-8-9-26-12-15-7-6-14(25-15)11-22(3)4/h6-7H,5,8-12H2,1-4H3,(H,19,24)(H,18,20,21). The Hall–Kier alpha value is -2.00. The molecular formula is C17H28N6O2S. The molecule has 0 saturated heterocycles. The molecule has 2 N–H and O–H groups in total. The van der Waals surface area contributed by atoms with E-state index in [1.54, 1.807) is 0 Å². The first-order chi connectivity index (χ1) is 12.5. The molecule has 0 aromatic carbocycles. The van der Waals surface area contributed by atoms with E-state index >= 15 is 0 Å². The minimum absolute atomic E-state index is 0.0876. The van der Waals surface area contributed by atoms with Gasteiger partial charge in [0.2, 0.25) is 11.9 Å². The Kier molecular flexibility index (Phi) is 7.99. The molecule has 26 heavy (non-hydrogen) atoms. The molecule has 1 amide bonds.